The number of aliphatic carboxylic acids is 1. The molecule has 2 amide bonds. The second-order valence-corrected chi connectivity index (χ2v) is 13.2. The number of nitrogens with one attached hydrogen (secondary N) is 5. The van der Waals surface area contributed by atoms with Crippen molar-refractivity contribution >= 4 is 41.5 Å². The summed E-state index contributed by atoms with van der Waals surface area (Å²) in [7, 11) is 0. The Balaban J connectivity index is 1.62. The molecular weight excluding hydrogens is 596 g/mol. The molecule has 13 nitrogen and oxygen atoms in total. The smallest absolute Gasteiger partial charge is 0.408 e. The highest BCUT2D eigenvalue weighted by atomic mass is 32.1. The van der Waals surface area contributed by atoms with Crippen LogP contribution in [0, 0.1) is 12.3 Å². The van der Waals surface area contributed by atoms with E-state index >= 15 is 0 Å². The van der Waals surface area contributed by atoms with Crippen LogP contribution in [0.4, 0.5) is 10.7 Å². The highest BCUT2D eigenvalue weighted by Crippen LogP contribution is 2.27. The van der Waals surface area contributed by atoms with Gasteiger partial charge in [-0.2, -0.15) is 0 Å². The molecule has 0 aliphatic carbocycles. The number of benzene rings is 1. The molecule has 0 aliphatic rings. The van der Waals surface area contributed by atoms with Crippen LogP contribution in [0.5, 0.6) is 0 Å². The summed E-state index contributed by atoms with van der Waals surface area (Å²) in [6.45, 7) is 13.4. The Hall–Kier alpha value is -4.85. The molecule has 0 saturated heterocycles. The molecule has 1 atom stereocenters. The molecule has 240 valence electrons. The van der Waals surface area contributed by atoms with E-state index in [4.69, 9.17) is 10.1 Å². The van der Waals surface area contributed by atoms with Crippen molar-refractivity contribution in [3.63, 3.8) is 0 Å². The van der Waals surface area contributed by atoms with Crippen LogP contribution in [0.15, 0.2) is 48.6 Å². The van der Waals surface area contributed by atoms with Crippen LogP contribution < -0.4 is 21.3 Å². The molecular formula is C31H40N8O5S. The number of anilines is 1. The Morgan fingerprint density at radius 2 is 1.84 bits per heavy atom. The summed E-state index contributed by atoms with van der Waals surface area (Å²) in [6, 6.07) is 6.30. The normalized spacial score (nSPS) is 12.6. The summed E-state index contributed by atoms with van der Waals surface area (Å²) in [5.41, 5.74) is 2.76. The lowest BCUT2D eigenvalue weighted by Gasteiger charge is -2.22. The summed E-state index contributed by atoms with van der Waals surface area (Å²) < 4.78 is 5.12. The van der Waals surface area contributed by atoms with Crippen LogP contribution in [-0.4, -0.2) is 62.4 Å². The van der Waals surface area contributed by atoms with E-state index in [1.165, 1.54) is 17.5 Å². The summed E-state index contributed by atoms with van der Waals surface area (Å²) in [5, 5.41) is 29.1. The summed E-state index contributed by atoms with van der Waals surface area (Å²) in [6.07, 6.45) is 4.75. The molecule has 0 radical (unpaired) electrons. The van der Waals surface area contributed by atoms with Crippen LogP contribution in [-0.2, 0) is 21.5 Å². The first-order valence-electron chi connectivity index (χ1n) is 14.2. The fourth-order valence-electron chi connectivity index (χ4n) is 3.80. The number of thiazole rings is 1. The second-order valence-electron chi connectivity index (χ2n) is 12.2. The van der Waals surface area contributed by atoms with Crippen molar-refractivity contribution in [1.29, 1.82) is 5.41 Å². The van der Waals surface area contributed by atoms with E-state index in [1.54, 1.807) is 39.2 Å². The van der Waals surface area contributed by atoms with Gasteiger partial charge in [-0.3, -0.25) is 4.79 Å². The zero-order valence-corrected chi connectivity index (χ0v) is 27.3. The summed E-state index contributed by atoms with van der Waals surface area (Å²) >= 11 is 1.40. The molecule has 0 aliphatic heterocycles. The standard InChI is InChI=1S/C31H40N8O5S/c1-18-12-19(8-9-20(18)14-35-25(40)24-17-36-27(45-24)30(2,3)4)22-10-11-34-28(38-22)37-21(13-32)15-33-16-23(26(41)42)39-29(43)44-31(5,6)7/h8-13,15,17,23,32-33H,14,16H2,1-7H3,(H,35,40)(H,39,43)(H,41,42)(H,34,37,38)/b21-15+,32-13?/t23-/m0/s1. The van der Waals surface area contributed by atoms with Crippen molar-refractivity contribution in [3.05, 3.63) is 69.6 Å². The average Bonchev–Trinajstić information content (AvgIpc) is 3.46. The number of carbonyl (C=O) groups excluding carboxylic acids is 2. The molecule has 1 aromatic carbocycles. The Kier molecular flexibility index (Phi) is 11.4. The van der Waals surface area contributed by atoms with E-state index < -0.39 is 23.7 Å². The topological polar surface area (TPSA) is 191 Å². The molecule has 0 bridgehead atoms. The number of alkyl carbamates (subject to hydrolysis) is 1. The van der Waals surface area contributed by atoms with Crippen LogP contribution in [0.1, 0.15) is 67.3 Å². The van der Waals surface area contributed by atoms with Crippen molar-refractivity contribution in [2.24, 2.45) is 0 Å². The van der Waals surface area contributed by atoms with Gasteiger partial charge in [0.1, 0.15) is 16.5 Å². The number of allylic oxidation sites excluding steroid dienone is 1. The van der Waals surface area contributed by atoms with Gasteiger partial charge in [0.15, 0.2) is 0 Å². The number of carbonyl (C=O) groups is 3. The Morgan fingerprint density at radius 3 is 2.44 bits per heavy atom. The number of ether oxygens (including phenoxy) is 1. The lowest BCUT2D eigenvalue weighted by Crippen LogP contribution is -2.48. The maximum atomic E-state index is 12.7. The fourth-order valence-corrected chi connectivity index (χ4v) is 4.69. The minimum Gasteiger partial charge on any atom is -0.480 e. The molecule has 2 aromatic heterocycles. The molecule has 0 saturated carbocycles. The van der Waals surface area contributed by atoms with Gasteiger partial charge in [0.25, 0.3) is 5.91 Å². The predicted molar refractivity (Wildman–Crippen MR) is 173 cm³/mol. The van der Waals surface area contributed by atoms with Crippen LogP contribution in [0.3, 0.4) is 0 Å². The van der Waals surface area contributed by atoms with Gasteiger partial charge in [-0.05, 0) is 51.0 Å². The highest BCUT2D eigenvalue weighted by Gasteiger charge is 2.24. The van der Waals surface area contributed by atoms with E-state index in [9.17, 15) is 19.5 Å². The largest absolute Gasteiger partial charge is 0.480 e. The predicted octanol–water partition coefficient (Wildman–Crippen LogP) is 4.61. The van der Waals surface area contributed by atoms with E-state index in [0.717, 1.165) is 27.9 Å². The average molecular weight is 637 g/mol. The number of rotatable bonds is 12. The van der Waals surface area contributed by atoms with Crippen LogP contribution >= 0.6 is 11.3 Å². The zero-order chi connectivity index (χ0) is 33.4. The monoisotopic (exact) mass is 636 g/mol. The molecule has 0 unspecified atom stereocenters. The lowest BCUT2D eigenvalue weighted by molar-refractivity contribution is -0.139. The Morgan fingerprint density at radius 1 is 1.11 bits per heavy atom. The molecule has 6 N–H and O–H groups in total. The van der Waals surface area contributed by atoms with E-state index in [0.29, 0.717) is 17.1 Å². The Labute approximate surface area is 266 Å². The summed E-state index contributed by atoms with van der Waals surface area (Å²) in [4.78, 5) is 50.0. The van der Waals surface area contributed by atoms with Gasteiger partial charge < -0.3 is 36.5 Å². The van der Waals surface area contributed by atoms with Crippen LogP contribution in [0.25, 0.3) is 11.3 Å². The molecule has 3 rings (SSSR count). The van der Waals surface area contributed by atoms with Gasteiger partial charge in [0, 0.05) is 42.7 Å². The second kappa shape index (κ2) is 14.8. The van der Waals surface area contributed by atoms with Crippen molar-refractivity contribution in [2.45, 2.75) is 72.1 Å². The van der Waals surface area contributed by atoms with Crippen molar-refractivity contribution in [3.8, 4) is 11.3 Å². The first-order chi connectivity index (χ1) is 21.1. The first kappa shape index (κ1) is 34.6. The molecule has 0 spiro atoms. The number of aryl methyl sites for hydroxylation is 1. The Bertz CT molecular complexity index is 1570. The zero-order valence-electron chi connectivity index (χ0n) is 26.4. The van der Waals surface area contributed by atoms with Crippen molar-refractivity contribution in [2.75, 3.05) is 11.9 Å². The van der Waals surface area contributed by atoms with Crippen molar-refractivity contribution < 1.29 is 24.2 Å². The maximum Gasteiger partial charge on any atom is 0.408 e. The third kappa shape index (κ3) is 10.7. The van der Waals surface area contributed by atoms with E-state index in [1.807, 2.05) is 25.1 Å². The first-order valence-corrected chi connectivity index (χ1v) is 15.0. The number of amides is 2. The number of hydrogen-bond donors (Lipinski definition) is 6. The quantitative estimate of drug-likeness (QED) is 0.153. The van der Waals surface area contributed by atoms with Gasteiger partial charge in [0.05, 0.1) is 22.6 Å². The van der Waals surface area contributed by atoms with Gasteiger partial charge in [-0.25, -0.2) is 24.5 Å². The number of nitrogens with zero attached hydrogens (tertiary/aromatic N) is 3. The fraction of sp³-hybridized carbons (Fsp3) is 0.387. The van der Waals surface area contributed by atoms with Gasteiger partial charge in [-0.1, -0.05) is 32.9 Å². The minimum absolute atomic E-state index is 0.117. The number of hydrogen-bond acceptors (Lipinski definition) is 11. The van der Waals surface area contributed by atoms with Gasteiger partial charge >= 0.3 is 12.1 Å². The SMILES string of the molecule is Cc1cc(-c2ccnc(N/C(C=N)=C/NC[C@H](NC(=O)OC(C)(C)C)C(=O)O)n2)ccc1CNC(=O)c1cnc(C(C)(C)C)s1. The molecule has 45 heavy (non-hydrogen) atoms. The molecule has 0 fully saturated rings. The van der Waals surface area contributed by atoms with Crippen LogP contribution in [0.2, 0.25) is 0 Å². The third-order valence-corrected chi connectivity index (χ3v) is 7.51. The number of carboxylic acid groups (broad SMARTS) is 1. The number of carboxylic acids is 1. The van der Waals surface area contributed by atoms with E-state index in [2.05, 4.69) is 57.0 Å². The van der Waals surface area contributed by atoms with Crippen molar-refractivity contribution in [1.82, 2.24) is 30.9 Å². The van der Waals surface area contributed by atoms with Gasteiger partial charge in [-0.15, -0.1) is 11.3 Å². The highest BCUT2D eigenvalue weighted by molar-refractivity contribution is 7.13. The maximum absolute atomic E-state index is 12.7. The third-order valence-electron chi connectivity index (χ3n) is 6.08. The molecule has 14 heteroatoms. The molecule has 3 aromatic rings. The van der Waals surface area contributed by atoms with Gasteiger partial charge in [0.2, 0.25) is 5.95 Å². The minimum atomic E-state index is -1.27. The van der Waals surface area contributed by atoms with E-state index in [-0.39, 0.29) is 29.5 Å². The summed E-state index contributed by atoms with van der Waals surface area (Å²) in [5.74, 6) is -1.19. The number of aromatic nitrogens is 3. The lowest BCUT2D eigenvalue weighted by atomic mass is 9.98. The molecule has 2 heterocycles.